The fraction of sp³-hybridized carbons (Fsp3) is 0.650. The van der Waals surface area contributed by atoms with Gasteiger partial charge in [0.2, 0.25) is 0 Å². The van der Waals surface area contributed by atoms with Gasteiger partial charge in [-0.2, -0.15) is 0 Å². The van der Waals surface area contributed by atoms with Gasteiger partial charge in [-0.25, -0.2) is 0 Å². The highest BCUT2D eigenvalue weighted by atomic mass is 16.8. The van der Waals surface area contributed by atoms with Gasteiger partial charge < -0.3 is 54.7 Å². The molecule has 0 bridgehead atoms. The van der Waals surface area contributed by atoms with E-state index in [1.54, 1.807) is 30.3 Å². The minimum atomic E-state index is -1.78. The van der Waals surface area contributed by atoms with E-state index in [4.69, 9.17) is 18.9 Å². The molecule has 180 valence electrons. The maximum Gasteiger partial charge on any atom is 0.310 e. The molecule has 10 atom stereocenters. The van der Waals surface area contributed by atoms with Gasteiger partial charge in [-0.3, -0.25) is 4.79 Å². The molecule has 2 aliphatic heterocycles. The summed E-state index contributed by atoms with van der Waals surface area (Å²) in [6.45, 7) is -1.16. The Morgan fingerprint density at radius 2 is 1.31 bits per heavy atom. The molecule has 7 N–H and O–H groups in total. The predicted molar refractivity (Wildman–Crippen MR) is 103 cm³/mol. The normalized spacial score (nSPS) is 40.1. The summed E-state index contributed by atoms with van der Waals surface area (Å²) in [7, 11) is 0. The molecule has 0 spiro atoms. The van der Waals surface area contributed by atoms with Gasteiger partial charge >= 0.3 is 5.97 Å². The van der Waals surface area contributed by atoms with Crippen LogP contribution in [0.15, 0.2) is 30.3 Å². The Morgan fingerprint density at radius 3 is 1.88 bits per heavy atom. The number of hydrogen-bond donors (Lipinski definition) is 7. The van der Waals surface area contributed by atoms with Gasteiger partial charge in [0.15, 0.2) is 12.6 Å². The third-order valence-corrected chi connectivity index (χ3v) is 5.39. The maximum atomic E-state index is 12.1. The van der Waals surface area contributed by atoms with Crippen LogP contribution in [0.25, 0.3) is 0 Å². The molecule has 0 aliphatic carbocycles. The van der Waals surface area contributed by atoms with Crippen LogP contribution in [0.3, 0.4) is 0 Å². The van der Waals surface area contributed by atoms with Crippen molar-refractivity contribution in [2.24, 2.45) is 0 Å². The summed E-state index contributed by atoms with van der Waals surface area (Å²) < 4.78 is 21.0. The third kappa shape index (κ3) is 5.61. The molecule has 12 nitrogen and oxygen atoms in total. The van der Waals surface area contributed by atoms with Crippen molar-refractivity contribution >= 4 is 5.97 Å². The van der Waals surface area contributed by atoms with E-state index in [1.165, 1.54) is 0 Å². The van der Waals surface area contributed by atoms with Crippen molar-refractivity contribution in [3.05, 3.63) is 35.9 Å². The minimum absolute atomic E-state index is 0.0281. The molecule has 1 aromatic carbocycles. The van der Waals surface area contributed by atoms with Gasteiger partial charge in [0.25, 0.3) is 0 Å². The summed E-state index contributed by atoms with van der Waals surface area (Å²) in [6.07, 6.45) is -16.1. The first kappa shape index (κ1) is 24.9. The monoisotopic (exact) mass is 460 g/mol. The number of carbonyl (C=O) groups is 1. The second-order valence-corrected chi connectivity index (χ2v) is 7.69. The zero-order valence-corrected chi connectivity index (χ0v) is 17.0. The van der Waals surface area contributed by atoms with Crippen LogP contribution < -0.4 is 0 Å². The van der Waals surface area contributed by atoms with Crippen molar-refractivity contribution in [1.29, 1.82) is 0 Å². The highest BCUT2D eigenvalue weighted by molar-refractivity contribution is 5.72. The lowest BCUT2D eigenvalue weighted by Gasteiger charge is -2.44. The molecule has 12 heteroatoms. The maximum absolute atomic E-state index is 12.1. The number of hydrogen-bond acceptors (Lipinski definition) is 12. The van der Waals surface area contributed by atoms with Crippen molar-refractivity contribution in [3.8, 4) is 0 Å². The van der Waals surface area contributed by atoms with Gasteiger partial charge in [0.05, 0.1) is 13.0 Å². The Labute approximate surface area is 183 Å². The molecule has 0 amide bonds. The first-order chi connectivity index (χ1) is 15.2. The van der Waals surface area contributed by atoms with Gasteiger partial charge in [0, 0.05) is 0 Å². The van der Waals surface area contributed by atoms with Gasteiger partial charge in [-0.1, -0.05) is 30.3 Å². The van der Waals surface area contributed by atoms with Crippen LogP contribution in [-0.4, -0.2) is 116 Å². The number of aliphatic hydroxyl groups excluding tert-OH is 7. The highest BCUT2D eigenvalue weighted by Crippen LogP contribution is 2.28. The van der Waals surface area contributed by atoms with E-state index in [1.807, 2.05) is 0 Å². The molecule has 1 aromatic rings. The molecule has 0 aromatic heterocycles. The summed E-state index contributed by atoms with van der Waals surface area (Å²) in [5.74, 6) is -0.612. The standard InChI is InChI=1S/C20H28O12/c21-7-10-13(23)15(25)17(27)19(30-10)32-20-18(28)16(26)14(24)11(31-20)8-29-12(22)6-9-4-2-1-3-5-9/h1-5,10-11,13-21,23-28H,6-8H2/t10-,11-,13-,14-,15+,16+,17-,18-,19-,20-/m0/s1. The van der Waals surface area contributed by atoms with Gasteiger partial charge in [0.1, 0.15) is 55.4 Å². The lowest BCUT2D eigenvalue weighted by molar-refractivity contribution is -0.376. The van der Waals surface area contributed by atoms with Crippen LogP contribution in [0.1, 0.15) is 5.56 Å². The van der Waals surface area contributed by atoms with Crippen LogP contribution in [-0.2, 0) is 30.2 Å². The van der Waals surface area contributed by atoms with Gasteiger partial charge in [-0.05, 0) is 5.56 Å². The topological polar surface area (TPSA) is 196 Å². The summed E-state index contributed by atoms with van der Waals surface area (Å²) in [6, 6.07) is 8.78. The zero-order chi connectivity index (χ0) is 23.4. The zero-order valence-electron chi connectivity index (χ0n) is 17.0. The Kier molecular flexibility index (Phi) is 8.52. The molecular formula is C20H28O12. The minimum Gasteiger partial charge on any atom is -0.463 e. The van der Waals surface area contributed by atoms with E-state index in [2.05, 4.69) is 0 Å². The number of ether oxygens (including phenoxy) is 4. The highest BCUT2D eigenvalue weighted by Gasteiger charge is 2.49. The van der Waals surface area contributed by atoms with Crippen LogP contribution in [0, 0.1) is 0 Å². The summed E-state index contributed by atoms with van der Waals surface area (Å²) in [4.78, 5) is 12.1. The second kappa shape index (κ2) is 10.9. The first-order valence-electron chi connectivity index (χ1n) is 10.1. The van der Waals surface area contributed by atoms with E-state index in [0.29, 0.717) is 5.56 Å². The fourth-order valence-electron chi connectivity index (χ4n) is 3.47. The molecule has 32 heavy (non-hydrogen) atoms. The Morgan fingerprint density at radius 1 is 0.781 bits per heavy atom. The third-order valence-electron chi connectivity index (χ3n) is 5.39. The second-order valence-electron chi connectivity index (χ2n) is 7.69. The average Bonchev–Trinajstić information content (AvgIpc) is 2.79. The molecule has 2 aliphatic rings. The molecule has 0 radical (unpaired) electrons. The first-order valence-corrected chi connectivity index (χ1v) is 10.1. The van der Waals surface area contributed by atoms with Gasteiger partial charge in [-0.15, -0.1) is 0 Å². The van der Waals surface area contributed by atoms with E-state index >= 15 is 0 Å². The smallest absolute Gasteiger partial charge is 0.310 e. The van der Waals surface area contributed by atoms with Crippen molar-refractivity contribution < 1.29 is 59.5 Å². The number of benzene rings is 1. The molecule has 0 saturated carbocycles. The van der Waals surface area contributed by atoms with Crippen molar-refractivity contribution in [2.45, 2.75) is 67.8 Å². The van der Waals surface area contributed by atoms with Crippen molar-refractivity contribution in [1.82, 2.24) is 0 Å². The van der Waals surface area contributed by atoms with Crippen molar-refractivity contribution in [3.63, 3.8) is 0 Å². The number of esters is 1. The summed E-state index contributed by atoms with van der Waals surface area (Å²) in [5.41, 5.74) is 0.710. The Bertz CT molecular complexity index is 731. The van der Waals surface area contributed by atoms with E-state index in [9.17, 15) is 40.5 Å². The summed E-state index contributed by atoms with van der Waals surface area (Å²) in [5, 5.41) is 69.5. The fourth-order valence-corrected chi connectivity index (χ4v) is 3.47. The summed E-state index contributed by atoms with van der Waals surface area (Å²) >= 11 is 0. The Hall–Kier alpha value is -1.71. The Balaban J connectivity index is 1.60. The predicted octanol–water partition coefficient (Wildman–Crippen LogP) is -3.60. The molecule has 2 heterocycles. The molecule has 0 unspecified atom stereocenters. The molecule has 3 rings (SSSR count). The number of aliphatic hydroxyl groups is 7. The van der Waals surface area contributed by atoms with Crippen LogP contribution in [0.2, 0.25) is 0 Å². The molecular weight excluding hydrogens is 432 g/mol. The number of rotatable bonds is 7. The van der Waals surface area contributed by atoms with Crippen LogP contribution in [0.5, 0.6) is 0 Å². The number of carbonyl (C=O) groups excluding carboxylic acids is 1. The average molecular weight is 460 g/mol. The van der Waals surface area contributed by atoms with E-state index in [-0.39, 0.29) is 6.42 Å². The lowest BCUT2D eigenvalue weighted by Crippen LogP contribution is -2.63. The molecule has 2 saturated heterocycles. The lowest BCUT2D eigenvalue weighted by atomic mass is 9.98. The van der Waals surface area contributed by atoms with Crippen LogP contribution >= 0.6 is 0 Å². The quantitative estimate of drug-likeness (QED) is 0.198. The largest absolute Gasteiger partial charge is 0.463 e. The van der Waals surface area contributed by atoms with E-state index < -0.39 is 80.6 Å². The molecule has 2 fully saturated rings. The van der Waals surface area contributed by atoms with Crippen LogP contribution in [0.4, 0.5) is 0 Å². The van der Waals surface area contributed by atoms with E-state index in [0.717, 1.165) is 0 Å². The van der Waals surface area contributed by atoms with Crippen molar-refractivity contribution in [2.75, 3.05) is 13.2 Å². The SMILES string of the molecule is O=C(Cc1ccccc1)OC[C@@H]1O[C@@H](O[C@@H]2O[C@@H](CO)[C@H](O)[C@@H](O)[C@@H]2O)[C@@H](O)[C@H](O)[C@H]1O.